The molecule has 0 N–H and O–H groups in total. The van der Waals surface area contributed by atoms with Gasteiger partial charge in [0, 0.05) is 63.5 Å². The zero-order valence-corrected chi connectivity index (χ0v) is 20.9. The van der Waals surface area contributed by atoms with Crippen molar-refractivity contribution in [3.05, 3.63) is 53.1 Å². The monoisotopic (exact) mass is 484 g/mol. The SMILES string of the molecule is COc1ccc(Cc2nccc(CCC3CCN(C(C)=O)CC3)n2)cc1COCCN1CC(F)C1. The van der Waals surface area contributed by atoms with Gasteiger partial charge in [-0.25, -0.2) is 14.4 Å². The molecular formula is C27H37FN4O3. The summed E-state index contributed by atoms with van der Waals surface area (Å²) >= 11 is 0. The van der Waals surface area contributed by atoms with Crippen LogP contribution >= 0.6 is 0 Å². The third kappa shape index (κ3) is 7.45. The van der Waals surface area contributed by atoms with Crippen LogP contribution in [0.5, 0.6) is 5.75 Å². The molecule has 1 amide bonds. The number of alkyl halides is 1. The fourth-order valence-electron chi connectivity index (χ4n) is 4.86. The summed E-state index contributed by atoms with van der Waals surface area (Å²) in [5.41, 5.74) is 3.17. The number of halogens is 1. The molecule has 4 rings (SSSR count). The molecule has 35 heavy (non-hydrogen) atoms. The summed E-state index contributed by atoms with van der Waals surface area (Å²) in [6.07, 6.45) is 5.98. The predicted octanol–water partition coefficient (Wildman–Crippen LogP) is 3.44. The summed E-state index contributed by atoms with van der Waals surface area (Å²) in [6.45, 7) is 6.19. The molecular weight excluding hydrogens is 447 g/mol. The Hall–Kier alpha value is -2.58. The van der Waals surface area contributed by atoms with Crippen molar-refractivity contribution < 1.29 is 18.7 Å². The summed E-state index contributed by atoms with van der Waals surface area (Å²) in [6, 6.07) is 8.11. The maximum atomic E-state index is 12.9. The lowest BCUT2D eigenvalue weighted by Gasteiger charge is -2.33. The van der Waals surface area contributed by atoms with Crippen molar-refractivity contribution in [1.29, 1.82) is 0 Å². The summed E-state index contributed by atoms with van der Waals surface area (Å²) in [4.78, 5) is 24.8. The highest BCUT2D eigenvalue weighted by Gasteiger charge is 2.25. The van der Waals surface area contributed by atoms with Crippen LogP contribution in [0, 0.1) is 5.92 Å². The maximum absolute atomic E-state index is 12.9. The van der Waals surface area contributed by atoms with E-state index in [1.54, 1.807) is 14.0 Å². The molecule has 7 nitrogen and oxygen atoms in total. The molecule has 0 atom stereocenters. The predicted molar refractivity (Wildman–Crippen MR) is 132 cm³/mol. The fourth-order valence-corrected chi connectivity index (χ4v) is 4.86. The van der Waals surface area contributed by atoms with Crippen LogP contribution in [0.2, 0.25) is 0 Å². The third-order valence-electron chi connectivity index (χ3n) is 7.06. The Kier molecular flexibility index (Phi) is 9.04. The second-order valence-electron chi connectivity index (χ2n) is 9.68. The molecule has 2 aliphatic heterocycles. The van der Waals surface area contributed by atoms with E-state index >= 15 is 0 Å². The van der Waals surface area contributed by atoms with E-state index in [1.165, 1.54) is 0 Å². The minimum atomic E-state index is -0.682. The highest BCUT2D eigenvalue weighted by Crippen LogP contribution is 2.24. The molecule has 2 fully saturated rings. The van der Waals surface area contributed by atoms with E-state index in [4.69, 9.17) is 14.5 Å². The standard InChI is InChI=1S/C27H37FN4O3/c1-20(33)32-11-8-21(9-12-32)3-5-25-7-10-29-27(30-25)16-22-4-6-26(34-2)23(15-22)19-35-14-13-31-17-24(28)18-31/h4,6-7,10,15,21,24H,3,5,8-9,11-14,16-19H2,1-2H3. The molecule has 3 heterocycles. The molecule has 2 aliphatic rings. The van der Waals surface area contributed by atoms with Crippen LogP contribution in [0.3, 0.4) is 0 Å². The van der Waals surface area contributed by atoms with Crippen LogP contribution in [0.1, 0.15) is 48.8 Å². The van der Waals surface area contributed by atoms with Crippen LogP contribution < -0.4 is 4.74 Å². The van der Waals surface area contributed by atoms with Gasteiger partial charge in [-0.3, -0.25) is 9.69 Å². The highest BCUT2D eigenvalue weighted by atomic mass is 19.1. The first-order chi connectivity index (χ1) is 17.0. The number of amides is 1. The van der Waals surface area contributed by atoms with Crippen molar-refractivity contribution in [3.8, 4) is 5.75 Å². The molecule has 0 saturated carbocycles. The lowest BCUT2D eigenvalue weighted by molar-refractivity contribution is -0.130. The Morgan fingerprint density at radius 2 is 2.00 bits per heavy atom. The first kappa shape index (κ1) is 25.5. The van der Waals surface area contributed by atoms with E-state index in [0.29, 0.717) is 38.6 Å². The average Bonchev–Trinajstić information content (AvgIpc) is 2.84. The molecule has 1 aromatic heterocycles. The second-order valence-corrected chi connectivity index (χ2v) is 9.68. The molecule has 190 valence electrons. The van der Waals surface area contributed by atoms with Crippen LogP contribution in [0.25, 0.3) is 0 Å². The van der Waals surface area contributed by atoms with Gasteiger partial charge in [0.2, 0.25) is 5.91 Å². The quantitative estimate of drug-likeness (QED) is 0.455. The number of rotatable bonds is 11. The van der Waals surface area contributed by atoms with E-state index in [2.05, 4.69) is 16.0 Å². The first-order valence-corrected chi connectivity index (χ1v) is 12.7. The second kappa shape index (κ2) is 12.4. The van der Waals surface area contributed by atoms with Gasteiger partial charge >= 0.3 is 0 Å². The lowest BCUT2D eigenvalue weighted by atomic mass is 9.91. The number of benzene rings is 1. The summed E-state index contributed by atoms with van der Waals surface area (Å²) in [5, 5.41) is 0. The van der Waals surface area contributed by atoms with Gasteiger partial charge in [-0.2, -0.15) is 0 Å². The minimum Gasteiger partial charge on any atom is -0.496 e. The fraction of sp³-hybridized carbons (Fsp3) is 0.593. The molecule has 0 bridgehead atoms. The molecule has 0 spiro atoms. The number of aromatic nitrogens is 2. The van der Waals surface area contributed by atoms with Crippen LogP contribution in [-0.2, 0) is 29.0 Å². The van der Waals surface area contributed by atoms with Gasteiger partial charge in [-0.1, -0.05) is 6.07 Å². The number of hydrogen-bond donors (Lipinski definition) is 0. The zero-order chi connectivity index (χ0) is 24.6. The summed E-state index contributed by atoms with van der Waals surface area (Å²) < 4.78 is 24.3. The Morgan fingerprint density at radius 3 is 2.71 bits per heavy atom. The van der Waals surface area contributed by atoms with Crippen molar-refractivity contribution >= 4 is 5.91 Å². The van der Waals surface area contributed by atoms with Crippen molar-refractivity contribution in [2.75, 3.05) is 46.4 Å². The van der Waals surface area contributed by atoms with Crippen LogP contribution in [-0.4, -0.2) is 78.3 Å². The smallest absolute Gasteiger partial charge is 0.219 e. The van der Waals surface area contributed by atoms with E-state index in [9.17, 15) is 9.18 Å². The van der Waals surface area contributed by atoms with Gasteiger partial charge in [-0.15, -0.1) is 0 Å². The zero-order valence-electron chi connectivity index (χ0n) is 20.9. The molecule has 0 aliphatic carbocycles. The van der Waals surface area contributed by atoms with Crippen LogP contribution in [0.4, 0.5) is 4.39 Å². The van der Waals surface area contributed by atoms with E-state index in [-0.39, 0.29) is 5.91 Å². The van der Waals surface area contributed by atoms with Gasteiger partial charge in [0.05, 0.1) is 20.3 Å². The number of hydrogen-bond acceptors (Lipinski definition) is 6. The highest BCUT2D eigenvalue weighted by molar-refractivity contribution is 5.73. The molecule has 2 saturated heterocycles. The number of piperidine rings is 1. The van der Waals surface area contributed by atoms with Crippen molar-refractivity contribution in [1.82, 2.24) is 19.8 Å². The van der Waals surface area contributed by atoms with Crippen molar-refractivity contribution in [3.63, 3.8) is 0 Å². The summed E-state index contributed by atoms with van der Waals surface area (Å²) in [5.74, 6) is 2.43. The Morgan fingerprint density at radius 1 is 1.20 bits per heavy atom. The van der Waals surface area contributed by atoms with Gasteiger partial charge < -0.3 is 14.4 Å². The molecule has 8 heteroatoms. The number of nitrogens with zero attached hydrogens (tertiary/aromatic N) is 4. The Balaban J connectivity index is 1.27. The van der Waals surface area contributed by atoms with E-state index < -0.39 is 6.17 Å². The topological polar surface area (TPSA) is 67.8 Å². The number of likely N-dealkylation sites (tertiary alicyclic amines) is 2. The first-order valence-electron chi connectivity index (χ1n) is 12.7. The lowest BCUT2D eigenvalue weighted by Crippen LogP contribution is -2.49. The maximum Gasteiger partial charge on any atom is 0.219 e. The van der Waals surface area contributed by atoms with Gasteiger partial charge in [-0.05, 0) is 55.4 Å². The number of aryl methyl sites for hydroxylation is 1. The number of ether oxygens (including phenoxy) is 2. The third-order valence-corrected chi connectivity index (χ3v) is 7.06. The van der Waals surface area contributed by atoms with E-state index in [0.717, 1.165) is 73.7 Å². The van der Waals surface area contributed by atoms with Gasteiger partial charge in [0.1, 0.15) is 17.7 Å². The Labute approximate surface area is 207 Å². The molecule has 1 aromatic carbocycles. The number of carbonyl (C=O) groups excluding carboxylic acids is 1. The van der Waals surface area contributed by atoms with Gasteiger partial charge in [0.15, 0.2) is 0 Å². The van der Waals surface area contributed by atoms with E-state index in [1.807, 2.05) is 29.3 Å². The number of carbonyl (C=O) groups is 1. The molecule has 2 aromatic rings. The normalized spacial score (nSPS) is 17.4. The van der Waals surface area contributed by atoms with Crippen molar-refractivity contribution in [2.45, 2.75) is 51.8 Å². The number of methoxy groups -OCH3 is 1. The van der Waals surface area contributed by atoms with Gasteiger partial charge in [0.25, 0.3) is 0 Å². The molecule has 0 radical (unpaired) electrons. The summed E-state index contributed by atoms with van der Waals surface area (Å²) in [7, 11) is 1.66. The van der Waals surface area contributed by atoms with Crippen LogP contribution in [0.15, 0.2) is 30.5 Å². The average molecular weight is 485 g/mol. The largest absolute Gasteiger partial charge is 0.496 e. The van der Waals surface area contributed by atoms with Crippen molar-refractivity contribution in [2.24, 2.45) is 5.92 Å². The minimum absolute atomic E-state index is 0.181. The Bertz CT molecular complexity index is 975. The molecule has 0 unspecified atom stereocenters.